The van der Waals surface area contributed by atoms with E-state index >= 15 is 0 Å². The third-order valence-electron chi connectivity index (χ3n) is 4.51. The fraction of sp³-hybridized carbons (Fsp3) is 0.350. The molecule has 0 aliphatic heterocycles. The minimum atomic E-state index is -4.81. The quantitative estimate of drug-likeness (QED) is 0.489. The molecule has 2 unspecified atom stereocenters. The summed E-state index contributed by atoms with van der Waals surface area (Å²) >= 11 is 0. The van der Waals surface area contributed by atoms with Gasteiger partial charge in [0, 0.05) is 5.56 Å². The molecule has 3 N–H and O–H groups in total. The highest BCUT2D eigenvalue weighted by Gasteiger charge is 2.32. The Labute approximate surface area is 175 Å². The second-order valence-electron chi connectivity index (χ2n) is 7.29. The molecule has 0 saturated carbocycles. The summed E-state index contributed by atoms with van der Waals surface area (Å²) in [4.78, 5) is 1.30. The Morgan fingerprint density at radius 2 is 1.90 bits per heavy atom. The number of aryl methyl sites for hydroxylation is 1. The number of hydrogen-bond acceptors (Lipinski definition) is 7. The standard InChI is InChI=1S/C20H20F3N5O3/c1-12-7-14(9-29)17-16(8-12)26-28(27-17)11-19(2,10-24)25-18(30)13-3-5-15(6-4-13)31-20(21,22)23/h3-8,18,25,29-30H,9,11H2,1-2H3. The van der Waals surface area contributed by atoms with Gasteiger partial charge in [0.2, 0.25) is 0 Å². The normalized spacial score (nSPS) is 14.8. The second kappa shape index (κ2) is 8.50. The first-order valence-electron chi connectivity index (χ1n) is 9.20. The van der Waals surface area contributed by atoms with Crippen LogP contribution < -0.4 is 10.1 Å². The maximum absolute atomic E-state index is 12.3. The van der Waals surface area contributed by atoms with Gasteiger partial charge in [-0.25, -0.2) is 0 Å². The van der Waals surface area contributed by atoms with E-state index in [4.69, 9.17) is 0 Å². The number of halogens is 3. The van der Waals surface area contributed by atoms with Crippen LogP contribution in [0.2, 0.25) is 0 Å². The summed E-state index contributed by atoms with van der Waals surface area (Å²) in [5.41, 5.74) is 1.50. The molecule has 0 spiro atoms. The average molecular weight is 435 g/mol. The van der Waals surface area contributed by atoms with Gasteiger partial charge < -0.3 is 14.9 Å². The van der Waals surface area contributed by atoms with Crippen LogP contribution in [0.4, 0.5) is 13.2 Å². The summed E-state index contributed by atoms with van der Waals surface area (Å²) < 4.78 is 40.6. The fourth-order valence-corrected chi connectivity index (χ4v) is 3.11. The molecule has 1 heterocycles. The van der Waals surface area contributed by atoms with Crippen molar-refractivity contribution in [3.8, 4) is 11.8 Å². The van der Waals surface area contributed by atoms with E-state index in [9.17, 15) is 28.6 Å². The Morgan fingerprint density at radius 1 is 1.23 bits per heavy atom. The molecule has 3 rings (SSSR count). The summed E-state index contributed by atoms with van der Waals surface area (Å²) in [6.07, 6.45) is -6.16. The van der Waals surface area contributed by atoms with Crippen molar-refractivity contribution in [2.45, 2.75) is 45.1 Å². The number of aromatic nitrogens is 3. The van der Waals surface area contributed by atoms with Crippen LogP contribution in [0.15, 0.2) is 36.4 Å². The molecule has 2 aromatic carbocycles. The highest BCUT2D eigenvalue weighted by molar-refractivity contribution is 5.78. The average Bonchev–Trinajstić information content (AvgIpc) is 3.08. The molecule has 8 nitrogen and oxygen atoms in total. The van der Waals surface area contributed by atoms with Gasteiger partial charge in [-0.1, -0.05) is 18.2 Å². The molecule has 2 atom stereocenters. The lowest BCUT2D eigenvalue weighted by Gasteiger charge is -2.26. The van der Waals surface area contributed by atoms with Crippen LogP contribution in [0.3, 0.4) is 0 Å². The van der Waals surface area contributed by atoms with Gasteiger partial charge in [-0.05, 0) is 43.2 Å². The third-order valence-corrected chi connectivity index (χ3v) is 4.51. The lowest BCUT2D eigenvalue weighted by Crippen LogP contribution is -2.47. The van der Waals surface area contributed by atoms with Gasteiger partial charge in [0.1, 0.15) is 28.5 Å². The predicted molar refractivity (Wildman–Crippen MR) is 103 cm³/mol. The lowest BCUT2D eigenvalue weighted by atomic mass is 10.0. The van der Waals surface area contributed by atoms with Crippen LogP contribution in [-0.4, -0.2) is 37.1 Å². The number of aliphatic hydroxyl groups excluding tert-OH is 2. The van der Waals surface area contributed by atoms with Gasteiger partial charge in [0.15, 0.2) is 0 Å². The molecular weight excluding hydrogens is 415 g/mol. The van der Waals surface area contributed by atoms with E-state index in [1.807, 2.05) is 6.92 Å². The van der Waals surface area contributed by atoms with Crippen molar-refractivity contribution in [2.75, 3.05) is 0 Å². The number of nitrogens with zero attached hydrogens (tertiary/aromatic N) is 4. The number of hydrogen-bond donors (Lipinski definition) is 3. The minimum absolute atomic E-state index is 0.0333. The summed E-state index contributed by atoms with van der Waals surface area (Å²) in [7, 11) is 0. The fourth-order valence-electron chi connectivity index (χ4n) is 3.11. The first-order valence-corrected chi connectivity index (χ1v) is 9.20. The molecule has 0 fully saturated rings. The maximum Gasteiger partial charge on any atom is 0.573 e. The smallest absolute Gasteiger partial charge is 0.406 e. The Kier molecular flexibility index (Phi) is 6.17. The van der Waals surface area contributed by atoms with Crippen LogP contribution >= 0.6 is 0 Å². The summed E-state index contributed by atoms with van der Waals surface area (Å²) in [5.74, 6) is -0.422. The molecule has 11 heteroatoms. The number of ether oxygens (including phenoxy) is 1. The van der Waals surface area contributed by atoms with Gasteiger partial charge in [-0.2, -0.15) is 20.3 Å². The molecule has 0 bridgehead atoms. The molecular formula is C20H20F3N5O3. The number of alkyl halides is 3. The van der Waals surface area contributed by atoms with Crippen molar-refractivity contribution in [1.82, 2.24) is 20.3 Å². The van der Waals surface area contributed by atoms with Crippen molar-refractivity contribution >= 4 is 11.0 Å². The van der Waals surface area contributed by atoms with Gasteiger partial charge >= 0.3 is 6.36 Å². The van der Waals surface area contributed by atoms with Crippen LogP contribution in [0.25, 0.3) is 11.0 Å². The SMILES string of the molecule is Cc1cc(CO)c2nn(CC(C)(C#N)NC(O)c3ccc(OC(F)(F)F)cc3)nc2c1. The largest absolute Gasteiger partial charge is 0.573 e. The van der Waals surface area contributed by atoms with Crippen molar-refractivity contribution < 1.29 is 28.1 Å². The summed E-state index contributed by atoms with van der Waals surface area (Å²) in [6.45, 7) is 3.15. The first-order chi connectivity index (χ1) is 14.5. The zero-order chi connectivity index (χ0) is 22.8. The van der Waals surface area contributed by atoms with Crippen molar-refractivity contribution in [3.63, 3.8) is 0 Å². The van der Waals surface area contributed by atoms with Gasteiger partial charge in [0.05, 0.1) is 19.2 Å². The van der Waals surface area contributed by atoms with E-state index in [1.54, 1.807) is 12.1 Å². The highest BCUT2D eigenvalue weighted by atomic mass is 19.4. The van der Waals surface area contributed by atoms with E-state index < -0.39 is 23.9 Å². The van der Waals surface area contributed by atoms with Crippen LogP contribution in [0, 0.1) is 18.3 Å². The molecule has 0 aliphatic rings. The molecule has 0 amide bonds. The lowest BCUT2D eigenvalue weighted by molar-refractivity contribution is -0.274. The number of nitriles is 1. The third kappa shape index (κ3) is 5.49. The number of aliphatic hydroxyl groups is 2. The van der Waals surface area contributed by atoms with E-state index in [-0.39, 0.29) is 18.7 Å². The summed E-state index contributed by atoms with van der Waals surface area (Å²) in [5, 5.41) is 41.0. The van der Waals surface area contributed by atoms with Gasteiger partial charge in [-0.3, -0.25) is 5.32 Å². The molecule has 164 valence electrons. The maximum atomic E-state index is 12.3. The Morgan fingerprint density at radius 3 is 2.48 bits per heavy atom. The predicted octanol–water partition coefficient (Wildman–Crippen LogP) is 2.69. The topological polar surface area (TPSA) is 116 Å². The Bertz CT molecular complexity index is 1110. The second-order valence-corrected chi connectivity index (χ2v) is 7.29. The van der Waals surface area contributed by atoms with Gasteiger partial charge in [-0.15, -0.1) is 13.2 Å². The minimum Gasteiger partial charge on any atom is -0.406 e. The molecule has 3 aromatic rings. The van der Waals surface area contributed by atoms with Crippen molar-refractivity contribution in [3.05, 3.63) is 53.1 Å². The number of nitrogens with one attached hydrogen (secondary N) is 1. The van der Waals surface area contributed by atoms with Crippen molar-refractivity contribution in [1.29, 1.82) is 5.26 Å². The Balaban J connectivity index is 1.76. The van der Waals surface area contributed by atoms with Crippen LogP contribution in [0.5, 0.6) is 5.75 Å². The molecule has 0 aliphatic carbocycles. The first kappa shape index (κ1) is 22.5. The zero-order valence-corrected chi connectivity index (χ0v) is 16.7. The summed E-state index contributed by atoms with van der Waals surface area (Å²) in [6, 6.07) is 10.3. The van der Waals surface area contributed by atoms with E-state index in [0.29, 0.717) is 16.6 Å². The van der Waals surface area contributed by atoms with E-state index in [0.717, 1.165) is 17.7 Å². The Hall–Kier alpha value is -3.20. The van der Waals surface area contributed by atoms with Crippen molar-refractivity contribution in [2.24, 2.45) is 0 Å². The van der Waals surface area contributed by atoms with Gasteiger partial charge in [0.25, 0.3) is 0 Å². The zero-order valence-electron chi connectivity index (χ0n) is 16.7. The van der Waals surface area contributed by atoms with Crippen LogP contribution in [0.1, 0.15) is 29.8 Å². The monoisotopic (exact) mass is 435 g/mol. The van der Waals surface area contributed by atoms with E-state index in [1.165, 1.54) is 23.9 Å². The molecule has 1 aromatic heterocycles. The highest BCUT2D eigenvalue weighted by Crippen LogP contribution is 2.25. The molecule has 0 radical (unpaired) electrons. The number of fused-ring (bicyclic) bond motifs is 1. The number of rotatable bonds is 7. The molecule has 0 saturated heterocycles. The van der Waals surface area contributed by atoms with E-state index in [2.05, 4.69) is 26.3 Å². The molecule has 31 heavy (non-hydrogen) atoms. The number of benzene rings is 2. The van der Waals surface area contributed by atoms with Crippen LogP contribution in [-0.2, 0) is 13.2 Å².